The maximum Gasteiger partial charge on any atom is 0.356 e. The van der Waals surface area contributed by atoms with Crippen molar-refractivity contribution in [3.05, 3.63) is 57.5 Å². The molecule has 0 saturated heterocycles. The normalized spacial score (nSPS) is 11.5. The molecular weight excluding hydrogens is 486 g/mol. The summed E-state index contributed by atoms with van der Waals surface area (Å²) < 4.78 is 23.3. The number of ether oxygens (including phenoxy) is 2. The number of aromatic nitrogens is 1. The van der Waals surface area contributed by atoms with Gasteiger partial charge < -0.3 is 19.3 Å². The highest BCUT2D eigenvalue weighted by atomic mass is 35.5. The molecule has 0 fully saturated rings. The van der Waals surface area contributed by atoms with E-state index >= 15 is 0 Å². The number of benzene rings is 2. The maximum absolute atomic E-state index is 12.7. The molecule has 0 aliphatic carbocycles. The van der Waals surface area contributed by atoms with Gasteiger partial charge in [0.25, 0.3) is 5.91 Å². The van der Waals surface area contributed by atoms with Crippen LogP contribution in [0.1, 0.15) is 24.2 Å². The van der Waals surface area contributed by atoms with Crippen molar-refractivity contribution in [2.45, 2.75) is 20.0 Å². The van der Waals surface area contributed by atoms with Gasteiger partial charge in [-0.05, 0) is 44.2 Å². The molecule has 2 aromatic carbocycles. The summed E-state index contributed by atoms with van der Waals surface area (Å²) in [4.78, 5) is 35.2. The van der Waals surface area contributed by atoms with Gasteiger partial charge in [0.1, 0.15) is 21.6 Å². The lowest BCUT2D eigenvalue weighted by atomic mass is 10.2. The molecule has 0 unspecified atom stereocenters. The highest BCUT2D eigenvalue weighted by Gasteiger charge is 2.19. The third-order valence-corrected chi connectivity index (χ3v) is 5.97. The Kier molecular flexibility index (Phi) is 7.26. The number of rotatable bonds is 7. The quantitative estimate of drug-likeness (QED) is 0.385. The van der Waals surface area contributed by atoms with Crippen LogP contribution in [0.25, 0.3) is 0 Å². The number of amides is 1. The van der Waals surface area contributed by atoms with Crippen molar-refractivity contribution in [2.75, 3.05) is 5.32 Å². The Labute approximate surface area is 191 Å². The average Bonchev–Trinajstić information content (AvgIpc) is 3.06. The van der Waals surface area contributed by atoms with E-state index in [1.165, 1.54) is 24.4 Å². The maximum atomic E-state index is 12.7. The fraction of sp³-hybridized carbons (Fsp3) is 0.158. The van der Waals surface area contributed by atoms with E-state index in [0.29, 0.717) is 15.2 Å². The lowest BCUT2D eigenvalue weighted by Crippen LogP contribution is -2.13. The minimum absolute atomic E-state index is 0.000523. The van der Waals surface area contributed by atoms with Gasteiger partial charge in [-0.2, -0.15) is 0 Å². The van der Waals surface area contributed by atoms with Crippen molar-refractivity contribution in [1.82, 2.24) is 4.98 Å². The molecule has 8 nitrogen and oxygen atoms in total. The SMILES string of the molecule is CC(C)Oc1cc(Oc2ccc(P(=O)(O)O)cc2Cl)cc(C(=O)Nc2ncc(Cl)s2)c1. The number of anilines is 1. The molecule has 0 spiro atoms. The van der Waals surface area contributed by atoms with Crippen molar-refractivity contribution < 1.29 is 28.6 Å². The first-order valence-electron chi connectivity index (χ1n) is 8.79. The van der Waals surface area contributed by atoms with E-state index in [9.17, 15) is 19.1 Å². The van der Waals surface area contributed by atoms with Gasteiger partial charge in [-0.15, -0.1) is 0 Å². The van der Waals surface area contributed by atoms with Gasteiger partial charge in [0, 0.05) is 11.6 Å². The summed E-state index contributed by atoms with van der Waals surface area (Å²) in [5.74, 6) is 0.329. The number of carbonyl (C=O) groups excluding carboxylic acids is 1. The Balaban J connectivity index is 1.91. The summed E-state index contributed by atoms with van der Waals surface area (Å²) in [7, 11) is -4.45. The molecule has 0 saturated carbocycles. The lowest BCUT2D eigenvalue weighted by Gasteiger charge is -2.15. The van der Waals surface area contributed by atoms with Gasteiger partial charge in [0.2, 0.25) is 0 Å². The smallest absolute Gasteiger partial charge is 0.356 e. The lowest BCUT2D eigenvalue weighted by molar-refractivity contribution is 0.102. The molecule has 1 aromatic heterocycles. The van der Waals surface area contributed by atoms with E-state index in [1.807, 2.05) is 13.8 Å². The minimum atomic E-state index is -4.45. The summed E-state index contributed by atoms with van der Waals surface area (Å²) in [6.07, 6.45) is 1.27. The highest BCUT2D eigenvalue weighted by molar-refractivity contribution is 7.60. The molecular formula is C19H17Cl2N2O6PS. The highest BCUT2D eigenvalue weighted by Crippen LogP contribution is 2.38. The zero-order chi connectivity index (χ0) is 22.8. The molecule has 164 valence electrons. The van der Waals surface area contributed by atoms with Gasteiger partial charge in [0.15, 0.2) is 5.13 Å². The average molecular weight is 503 g/mol. The Morgan fingerprint density at radius 1 is 1.16 bits per heavy atom. The van der Waals surface area contributed by atoms with Crippen LogP contribution in [0.2, 0.25) is 9.36 Å². The third-order valence-electron chi connectivity index (χ3n) is 3.69. The second-order valence-electron chi connectivity index (χ2n) is 6.54. The number of carbonyl (C=O) groups is 1. The number of thiazole rings is 1. The molecule has 0 atom stereocenters. The topological polar surface area (TPSA) is 118 Å². The van der Waals surface area contributed by atoms with Crippen LogP contribution < -0.4 is 20.1 Å². The monoisotopic (exact) mass is 502 g/mol. The van der Waals surface area contributed by atoms with E-state index in [2.05, 4.69) is 10.3 Å². The fourth-order valence-electron chi connectivity index (χ4n) is 2.46. The first-order valence-corrected chi connectivity index (χ1v) is 12.0. The summed E-state index contributed by atoms with van der Waals surface area (Å²) in [6, 6.07) is 8.29. The largest absolute Gasteiger partial charge is 0.491 e. The predicted molar refractivity (Wildman–Crippen MR) is 120 cm³/mol. The van der Waals surface area contributed by atoms with Crippen LogP contribution in [0.4, 0.5) is 5.13 Å². The van der Waals surface area contributed by atoms with Crippen LogP contribution in [0.3, 0.4) is 0 Å². The van der Waals surface area contributed by atoms with Crippen LogP contribution in [0.5, 0.6) is 17.2 Å². The summed E-state index contributed by atoms with van der Waals surface area (Å²) in [5, 5.41) is 2.75. The van der Waals surface area contributed by atoms with Crippen molar-refractivity contribution >= 4 is 58.5 Å². The molecule has 0 bridgehead atoms. The molecule has 31 heavy (non-hydrogen) atoms. The van der Waals surface area contributed by atoms with Crippen molar-refractivity contribution in [3.8, 4) is 17.2 Å². The van der Waals surface area contributed by atoms with Crippen LogP contribution >= 0.6 is 42.1 Å². The number of hydrogen-bond acceptors (Lipinski definition) is 6. The Hall–Kier alpha value is -2.13. The molecule has 12 heteroatoms. The molecule has 3 N–H and O–H groups in total. The molecule has 0 radical (unpaired) electrons. The third kappa shape index (κ3) is 6.43. The Morgan fingerprint density at radius 3 is 2.45 bits per heavy atom. The van der Waals surface area contributed by atoms with Gasteiger partial charge in [-0.1, -0.05) is 34.5 Å². The number of nitrogens with zero attached hydrogens (tertiary/aromatic N) is 1. The van der Waals surface area contributed by atoms with Crippen LogP contribution in [0.15, 0.2) is 42.6 Å². The zero-order valence-electron chi connectivity index (χ0n) is 16.2. The van der Waals surface area contributed by atoms with Crippen LogP contribution in [-0.2, 0) is 4.57 Å². The van der Waals surface area contributed by atoms with Crippen LogP contribution in [-0.4, -0.2) is 26.8 Å². The summed E-state index contributed by atoms with van der Waals surface area (Å²) in [6.45, 7) is 3.67. The van der Waals surface area contributed by atoms with E-state index in [0.717, 1.165) is 17.4 Å². The standard InChI is InChI=1S/C19H17Cl2N2O6PS/c1-10(2)28-12-5-11(18(24)23-19-22-9-17(21)31-19)6-13(7-12)29-16-4-3-14(8-15(16)20)30(25,26)27/h3-10H,1-2H3,(H,22,23,24)(H2,25,26,27). The second kappa shape index (κ2) is 9.56. The second-order valence-corrected chi connectivity index (χ2v) is 10.2. The minimum Gasteiger partial charge on any atom is -0.491 e. The van der Waals surface area contributed by atoms with E-state index < -0.39 is 13.5 Å². The summed E-state index contributed by atoms with van der Waals surface area (Å²) in [5.41, 5.74) is 0.238. The summed E-state index contributed by atoms with van der Waals surface area (Å²) >= 11 is 13.1. The zero-order valence-corrected chi connectivity index (χ0v) is 19.4. The van der Waals surface area contributed by atoms with Gasteiger partial charge >= 0.3 is 7.60 Å². The molecule has 3 rings (SSSR count). The van der Waals surface area contributed by atoms with E-state index in [-0.39, 0.29) is 33.5 Å². The van der Waals surface area contributed by atoms with Gasteiger partial charge in [0.05, 0.1) is 22.6 Å². The Morgan fingerprint density at radius 2 is 1.87 bits per heavy atom. The first kappa shape index (κ1) is 23.5. The number of halogens is 2. The van der Waals surface area contributed by atoms with Crippen LogP contribution in [0, 0.1) is 0 Å². The van der Waals surface area contributed by atoms with E-state index in [4.69, 9.17) is 32.7 Å². The van der Waals surface area contributed by atoms with Gasteiger partial charge in [-0.3, -0.25) is 14.7 Å². The molecule has 3 aromatic rings. The first-order chi connectivity index (χ1) is 14.5. The van der Waals surface area contributed by atoms with Crippen molar-refractivity contribution in [2.24, 2.45) is 0 Å². The van der Waals surface area contributed by atoms with Crippen molar-refractivity contribution in [1.29, 1.82) is 0 Å². The Bertz CT molecular complexity index is 1160. The molecule has 0 aliphatic rings. The van der Waals surface area contributed by atoms with Crippen molar-refractivity contribution in [3.63, 3.8) is 0 Å². The van der Waals surface area contributed by atoms with E-state index in [1.54, 1.807) is 12.1 Å². The fourth-order valence-corrected chi connectivity index (χ4v) is 4.13. The number of nitrogens with one attached hydrogen (secondary N) is 1. The molecule has 1 heterocycles. The van der Waals surface area contributed by atoms with Gasteiger partial charge in [-0.25, -0.2) is 4.98 Å². The molecule has 0 aliphatic heterocycles. The molecule has 1 amide bonds. The number of hydrogen-bond donors (Lipinski definition) is 3. The predicted octanol–water partition coefficient (Wildman–Crippen LogP) is 5.08.